The van der Waals surface area contributed by atoms with E-state index < -0.39 is 0 Å². The highest BCUT2D eigenvalue weighted by Crippen LogP contribution is 2.33. The quantitative estimate of drug-likeness (QED) is 0.502. The van der Waals surface area contributed by atoms with Crippen LogP contribution >= 0.6 is 12.6 Å². The van der Waals surface area contributed by atoms with Gasteiger partial charge in [0.15, 0.2) is 0 Å². The fraction of sp³-hybridized carbons (Fsp3) is 1.00. The highest BCUT2D eigenvalue weighted by Gasteiger charge is 2.22. The Bertz CT molecular complexity index is 98.6. The normalized spacial score (nSPS) is 12.0. The highest BCUT2D eigenvalue weighted by atomic mass is 32.1. The standard InChI is InChI=1S/C13H28S/c1-4-7-10-13(14,11-8-5-2)12-9-6-3/h14H,4-12H2,1-3H3. The number of hydrogen-bond acceptors (Lipinski definition) is 1. The number of unbranched alkanes of at least 4 members (excludes halogenated alkanes) is 3. The number of hydrogen-bond donors (Lipinski definition) is 1. The van der Waals surface area contributed by atoms with Gasteiger partial charge in [-0.25, -0.2) is 0 Å². The van der Waals surface area contributed by atoms with Gasteiger partial charge in [0.05, 0.1) is 0 Å². The molecule has 0 heterocycles. The van der Waals surface area contributed by atoms with E-state index in [2.05, 4.69) is 20.8 Å². The summed E-state index contributed by atoms with van der Waals surface area (Å²) in [4.78, 5) is 0. The Kier molecular flexibility index (Phi) is 8.86. The first-order chi connectivity index (χ1) is 6.68. The van der Waals surface area contributed by atoms with Gasteiger partial charge in [-0.05, 0) is 19.3 Å². The van der Waals surface area contributed by atoms with Gasteiger partial charge >= 0.3 is 0 Å². The van der Waals surface area contributed by atoms with Crippen molar-refractivity contribution in [3.05, 3.63) is 0 Å². The van der Waals surface area contributed by atoms with Crippen LogP contribution in [0.25, 0.3) is 0 Å². The summed E-state index contributed by atoms with van der Waals surface area (Å²) in [7, 11) is 0. The Balaban J connectivity index is 3.89. The SMILES string of the molecule is CCCCC(S)(CCCC)CCCC. The maximum atomic E-state index is 4.92. The van der Waals surface area contributed by atoms with Crippen molar-refractivity contribution in [2.45, 2.75) is 83.3 Å². The molecule has 0 fully saturated rings. The van der Waals surface area contributed by atoms with E-state index in [4.69, 9.17) is 12.6 Å². The highest BCUT2D eigenvalue weighted by molar-refractivity contribution is 7.81. The summed E-state index contributed by atoms with van der Waals surface area (Å²) >= 11 is 4.92. The molecule has 0 atom stereocenters. The van der Waals surface area contributed by atoms with E-state index in [1.54, 1.807) is 0 Å². The van der Waals surface area contributed by atoms with Crippen LogP contribution in [0, 0.1) is 0 Å². The van der Waals surface area contributed by atoms with Crippen molar-refractivity contribution in [3.8, 4) is 0 Å². The van der Waals surface area contributed by atoms with Crippen LogP contribution in [0.5, 0.6) is 0 Å². The van der Waals surface area contributed by atoms with Crippen molar-refractivity contribution in [1.29, 1.82) is 0 Å². The van der Waals surface area contributed by atoms with E-state index in [-0.39, 0.29) is 0 Å². The third-order valence-corrected chi connectivity index (χ3v) is 3.66. The molecule has 14 heavy (non-hydrogen) atoms. The third-order valence-electron chi connectivity index (χ3n) is 2.99. The Morgan fingerprint density at radius 2 is 1.00 bits per heavy atom. The second-order valence-corrected chi connectivity index (χ2v) is 5.48. The van der Waals surface area contributed by atoms with Gasteiger partial charge in [0.1, 0.15) is 0 Å². The van der Waals surface area contributed by atoms with Crippen LogP contribution in [-0.2, 0) is 0 Å². The Hall–Kier alpha value is 0.350. The molecule has 0 rings (SSSR count). The molecule has 0 saturated heterocycles. The fourth-order valence-electron chi connectivity index (χ4n) is 1.89. The molecule has 0 aliphatic rings. The smallest absolute Gasteiger partial charge is 0.0130 e. The molecule has 0 aromatic heterocycles. The minimum Gasteiger partial charge on any atom is -0.173 e. The molecular formula is C13H28S. The van der Waals surface area contributed by atoms with E-state index >= 15 is 0 Å². The average molecular weight is 216 g/mol. The number of thiol groups is 1. The largest absolute Gasteiger partial charge is 0.173 e. The van der Waals surface area contributed by atoms with E-state index in [0.717, 1.165) is 0 Å². The maximum Gasteiger partial charge on any atom is 0.0130 e. The Morgan fingerprint density at radius 1 is 0.714 bits per heavy atom. The van der Waals surface area contributed by atoms with Crippen molar-refractivity contribution in [1.82, 2.24) is 0 Å². The predicted octanol–water partition coefficient (Wildman–Crippen LogP) is 5.23. The molecule has 0 saturated carbocycles. The summed E-state index contributed by atoms with van der Waals surface area (Å²) in [5.41, 5.74) is 0. The number of rotatable bonds is 9. The molecule has 0 bridgehead atoms. The molecule has 0 aromatic carbocycles. The van der Waals surface area contributed by atoms with Crippen LogP contribution in [0.3, 0.4) is 0 Å². The summed E-state index contributed by atoms with van der Waals surface area (Å²) < 4.78 is 0.349. The predicted molar refractivity (Wildman–Crippen MR) is 70.3 cm³/mol. The summed E-state index contributed by atoms with van der Waals surface area (Å²) in [6.07, 6.45) is 11.9. The van der Waals surface area contributed by atoms with Crippen molar-refractivity contribution >= 4 is 12.6 Å². The zero-order valence-electron chi connectivity index (χ0n) is 10.3. The zero-order chi connectivity index (χ0) is 10.9. The molecule has 0 unspecified atom stereocenters. The molecule has 0 spiro atoms. The van der Waals surface area contributed by atoms with Gasteiger partial charge in [0, 0.05) is 4.75 Å². The lowest BCUT2D eigenvalue weighted by molar-refractivity contribution is 0.428. The van der Waals surface area contributed by atoms with E-state index in [9.17, 15) is 0 Å². The fourth-order valence-corrected chi connectivity index (χ4v) is 2.37. The summed E-state index contributed by atoms with van der Waals surface area (Å²) in [5, 5.41) is 0. The molecular weight excluding hydrogens is 188 g/mol. The first-order valence-electron chi connectivity index (χ1n) is 6.41. The summed E-state index contributed by atoms with van der Waals surface area (Å²) in [6, 6.07) is 0. The van der Waals surface area contributed by atoms with E-state index in [1.165, 1.54) is 57.8 Å². The Morgan fingerprint density at radius 3 is 1.21 bits per heavy atom. The molecule has 0 aliphatic carbocycles. The topological polar surface area (TPSA) is 0 Å². The maximum absolute atomic E-state index is 4.92. The second kappa shape index (κ2) is 8.64. The second-order valence-electron chi connectivity index (χ2n) is 4.54. The molecule has 1 heteroatoms. The minimum absolute atomic E-state index is 0.349. The van der Waals surface area contributed by atoms with Crippen molar-refractivity contribution < 1.29 is 0 Å². The molecule has 0 aromatic rings. The molecule has 86 valence electrons. The molecule has 0 N–H and O–H groups in total. The molecule has 0 amide bonds. The lowest BCUT2D eigenvalue weighted by Crippen LogP contribution is -2.21. The lowest BCUT2D eigenvalue weighted by Gasteiger charge is -2.28. The average Bonchev–Trinajstić information content (AvgIpc) is 2.21. The molecule has 0 aliphatic heterocycles. The lowest BCUT2D eigenvalue weighted by atomic mass is 9.90. The van der Waals surface area contributed by atoms with Crippen LogP contribution in [0.4, 0.5) is 0 Å². The first-order valence-corrected chi connectivity index (χ1v) is 6.85. The Labute approximate surface area is 96.3 Å². The van der Waals surface area contributed by atoms with Crippen LogP contribution in [0.1, 0.15) is 78.6 Å². The monoisotopic (exact) mass is 216 g/mol. The van der Waals surface area contributed by atoms with Gasteiger partial charge in [0.2, 0.25) is 0 Å². The van der Waals surface area contributed by atoms with Gasteiger partial charge in [-0.2, -0.15) is 12.6 Å². The van der Waals surface area contributed by atoms with Crippen molar-refractivity contribution in [2.75, 3.05) is 0 Å². The van der Waals surface area contributed by atoms with Crippen LogP contribution < -0.4 is 0 Å². The van der Waals surface area contributed by atoms with Crippen LogP contribution in [-0.4, -0.2) is 4.75 Å². The van der Waals surface area contributed by atoms with Gasteiger partial charge < -0.3 is 0 Å². The van der Waals surface area contributed by atoms with E-state index in [1.807, 2.05) is 0 Å². The van der Waals surface area contributed by atoms with Gasteiger partial charge in [0.25, 0.3) is 0 Å². The molecule has 0 radical (unpaired) electrons. The molecule has 0 nitrogen and oxygen atoms in total. The van der Waals surface area contributed by atoms with Crippen molar-refractivity contribution in [3.63, 3.8) is 0 Å². The van der Waals surface area contributed by atoms with Gasteiger partial charge in [-0.1, -0.05) is 59.3 Å². The summed E-state index contributed by atoms with van der Waals surface area (Å²) in [6.45, 7) is 6.81. The zero-order valence-corrected chi connectivity index (χ0v) is 11.2. The van der Waals surface area contributed by atoms with E-state index in [0.29, 0.717) is 4.75 Å². The minimum atomic E-state index is 0.349. The summed E-state index contributed by atoms with van der Waals surface area (Å²) in [5.74, 6) is 0. The van der Waals surface area contributed by atoms with Gasteiger partial charge in [-0.3, -0.25) is 0 Å². The van der Waals surface area contributed by atoms with Crippen molar-refractivity contribution in [2.24, 2.45) is 0 Å². The first kappa shape index (κ1) is 14.3. The van der Waals surface area contributed by atoms with Crippen LogP contribution in [0.15, 0.2) is 0 Å². The third kappa shape index (κ3) is 6.75. The van der Waals surface area contributed by atoms with Crippen LogP contribution in [0.2, 0.25) is 0 Å². The van der Waals surface area contributed by atoms with Gasteiger partial charge in [-0.15, -0.1) is 0 Å².